The summed E-state index contributed by atoms with van der Waals surface area (Å²) in [5, 5.41) is 0. The van der Waals surface area contributed by atoms with Gasteiger partial charge in [-0.25, -0.2) is 9.78 Å². The zero-order valence-corrected chi connectivity index (χ0v) is 9.06. The molecule has 0 aliphatic rings. The molecule has 0 saturated heterocycles. The Balaban J connectivity index is 2.52. The monoisotopic (exact) mass is 217 g/mol. The first-order valence-electron chi connectivity index (χ1n) is 4.82. The molecule has 1 aromatic heterocycles. The molecule has 0 spiro atoms. The van der Waals surface area contributed by atoms with E-state index in [-0.39, 0.29) is 5.97 Å². The normalized spacial score (nSPS) is 10.1. The topological polar surface area (TPSA) is 52.3 Å². The zero-order valence-electron chi connectivity index (χ0n) is 9.06. The van der Waals surface area contributed by atoms with Crippen molar-refractivity contribution < 1.29 is 13.9 Å². The number of carbonyl (C=O) groups excluding carboxylic acids is 1. The fourth-order valence-electron chi connectivity index (χ4n) is 1.47. The van der Waals surface area contributed by atoms with Crippen molar-refractivity contribution in [3.63, 3.8) is 0 Å². The molecule has 16 heavy (non-hydrogen) atoms. The highest BCUT2D eigenvalue weighted by atomic mass is 16.5. The van der Waals surface area contributed by atoms with Crippen molar-refractivity contribution in [2.75, 3.05) is 7.11 Å². The van der Waals surface area contributed by atoms with Gasteiger partial charge in [0.1, 0.15) is 0 Å². The second-order valence-electron chi connectivity index (χ2n) is 3.28. The molecule has 1 heterocycles. The van der Waals surface area contributed by atoms with Gasteiger partial charge >= 0.3 is 5.97 Å². The van der Waals surface area contributed by atoms with Gasteiger partial charge in [0.2, 0.25) is 0 Å². The van der Waals surface area contributed by atoms with E-state index < -0.39 is 0 Å². The van der Waals surface area contributed by atoms with Crippen LogP contribution in [0.4, 0.5) is 0 Å². The molecule has 0 aliphatic carbocycles. The summed E-state index contributed by atoms with van der Waals surface area (Å²) >= 11 is 0. The van der Waals surface area contributed by atoms with Crippen molar-refractivity contribution in [2.45, 2.75) is 6.92 Å². The van der Waals surface area contributed by atoms with E-state index >= 15 is 0 Å². The zero-order chi connectivity index (χ0) is 11.5. The maximum absolute atomic E-state index is 11.5. The van der Waals surface area contributed by atoms with E-state index in [0.717, 1.165) is 0 Å². The van der Waals surface area contributed by atoms with E-state index in [1.165, 1.54) is 7.11 Å². The van der Waals surface area contributed by atoms with Gasteiger partial charge in [-0.05, 0) is 6.07 Å². The Labute approximate surface area is 92.9 Å². The first-order valence-corrected chi connectivity index (χ1v) is 4.82. The smallest absolute Gasteiger partial charge is 0.338 e. The number of hydrogen-bond acceptors (Lipinski definition) is 4. The Hall–Kier alpha value is -2.10. The lowest BCUT2D eigenvalue weighted by atomic mass is 10.1. The molecule has 4 nitrogen and oxygen atoms in total. The number of methoxy groups -OCH3 is 1. The Kier molecular flexibility index (Phi) is 2.72. The molecule has 0 N–H and O–H groups in total. The predicted molar refractivity (Wildman–Crippen MR) is 58.0 cm³/mol. The number of hydrogen-bond donors (Lipinski definition) is 0. The van der Waals surface area contributed by atoms with Crippen molar-refractivity contribution >= 4 is 5.97 Å². The first-order chi connectivity index (χ1) is 7.72. The lowest BCUT2D eigenvalue weighted by molar-refractivity contribution is 0.0601. The van der Waals surface area contributed by atoms with Crippen molar-refractivity contribution in [3.8, 4) is 11.3 Å². The van der Waals surface area contributed by atoms with Gasteiger partial charge in [-0.15, -0.1) is 0 Å². The molecule has 0 aliphatic heterocycles. The molecule has 1 aromatic carbocycles. The first kappa shape index (κ1) is 10.4. The molecule has 0 radical (unpaired) electrons. The van der Waals surface area contributed by atoms with E-state index in [1.54, 1.807) is 31.3 Å². The van der Waals surface area contributed by atoms with Crippen LogP contribution in [-0.2, 0) is 4.74 Å². The summed E-state index contributed by atoms with van der Waals surface area (Å²) in [6.07, 6.45) is 1.59. The van der Waals surface area contributed by atoms with E-state index in [0.29, 0.717) is 22.8 Å². The molecular formula is C12H11NO3. The van der Waals surface area contributed by atoms with Gasteiger partial charge in [0.05, 0.1) is 18.9 Å². The second kappa shape index (κ2) is 4.18. The number of benzene rings is 1. The minimum Gasteiger partial charge on any atom is -0.465 e. The third kappa shape index (κ3) is 1.82. The minimum atomic E-state index is -0.385. The average Bonchev–Trinajstić information content (AvgIpc) is 2.75. The van der Waals surface area contributed by atoms with Gasteiger partial charge in [0.15, 0.2) is 11.7 Å². The van der Waals surface area contributed by atoms with Crippen LogP contribution in [0, 0.1) is 6.92 Å². The number of carbonyl (C=O) groups is 1. The molecule has 2 rings (SSSR count). The summed E-state index contributed by atoms with van der Waals surface area (Å²) in [5.74, 6) is 0.748. The van der Waals surface area contributed by atoms with Crippen LogP contribution in [0.3, 0.4) is 0 Å². The molecule has 0 fully saturated rings. The molecule has 0 unspecified atom stereocenters. The van der Waals surface area contributed by atoms with Crippen molar-refractivity contribution in [1.29, 1.82) is 0 Å². The largest absolute Gasteiger partial charge is 0.465 e. The summed E-state index contributed by atoms with van der Waals surface area (Å²) in [6, 6.07) is 7.10. The number of nitrogens with zero attached hydrogens (tertiary/aromatic N) is 1. The number of aromatic nitrogens is 1. The maximum atomic E-state index is 11.5. The standard InChI is InChI=1S/C12H11NO3/c1-8-13-7-11(16-8)9-5-3-4-6-10(9)12(14)15-2/h3-7H,1-2H3. The molecular weight excluding hydrogens is 206 g/mol. The molecule has 0 bridgehead atoms. The van der Waals surface area contributed by atoms with Crippen LogP contribution in [0.1, 0.15) is 16.2 Å². The highest BCUT2D eigenvalue weighted by Gasteiger charge is 2.14. The lowest BCUT2D eigenvalue weighted by Crippen LogP contribution is -2.02. The molecule has 0 saturated carbocycles. The van der Waals surface area contributed by atoms with Crippen molar-refractivity contribution in [2.24, 2.45) is 0 Å². The number of aryl methyl sites for hydroxylation is 1. The maximum Gasteiger partial charge on any atom is 0.338 e. The third-order valence-electron chi connectivity index (χ3n) is 2.22. The van der Waals surface area contributed by atoms with Crippen LogP contribution in [0.5, 0.6) is 0 Å². The molecule has 0 atom stereocenters. The fraction of sp³-hybridized carbons (Fsp3) is 0.167. The number of esters is 1. The highest BCUT2D eigenvalue weighted by Crippen LogP contribution is 2.24. The van der Waals surface area contributed by atoms with Gasteiger partial charge in [0.25, 0.3) is 0 Å². The predicted octanol–water partition coefficient (Wildman–Crippen LogP) is 2.44. The Morgan fingerprint density at radius 2 is 2.12 bits per heavy atom. The van der Waals surface area contributed by atoms with E-state index in [4.69, 9.17) is 9.15 Å². The van der Waals surface area contributed by atoms with E-state index in [9.17, 15) is 4.79 Å². The van der Waals surface area contributed by atoms with Gasteiger partial charge in [-0.1, -0.05) is 18.2 Å². The van der Waals surface area contributed by atoms with Crippen LogP contribution >= 0.6 is 0 Å². The van der Waals surface area contributed by atoms with Gasteiger partial charge in [-0.3, -0.25) is 0 Å². The number of oxazole rings is 1. The summed E-state index contributed by atoms with van der Waals surface area (Å²) in [7, 11) is 1.35. The lowest BCUT2D eigenvalue weighted by Gasteiger charge is -2.04. The highest BCUT2D eigenvalue weighted by molar-refractivity contribution is 5.96. The quantitative estimate of drug-likeness (QED) is 0.725. The van der Waals surface area contributed by atoms with E-state index in [2.05, 4.69) is 4.98 Å². The minimum absolute atomic E-state index is 0.385. The van der Waals surface area contributed by atoms with Crippen molar-refractivity contribution in [3.05, 3.63) is 41.9 Å². The number of ether oxygens (including phenoxy) is 1. The summed E-state index contributed by atoms with van der Waals surface area (Å²) < 4.78 is 10.1. The fourth-order valence-corrected chi connectivity index (χ4v) is 1.47. The summed E-state index contributed by atoms with van der Waals surface area (Å²) in [5.41, 5.74) is 1.16. The average molecular weight is 217 g/mol. The van der Waals surface area contributed by atoms with Gasteiger partial charge in [0, 0.05) is 12.5 Å². The molecule has 4 heteroatoms. The van der Waals surface area contributed by atoms with Crippen LogP contribution in [0.2, 0.25) is 0 Å². The third-order valence-corrected chi connectivity index (χ3v) is 2.22. The molecule has 0 amide bonds. The summed E-state index contributed by atoms with van der Waals surface area (Å²) in [4.78, 5) is 15.5. The molecule has 82 valence electrons. The second-order valence-corrected chi connectivity index (χ2v) is 3.28. The van der Waals surface area contributed by atoms with Gasteiger partial charge < -0.3 is 9.15 Å². The van der Waals surface area contributed by atoms with Crippen LogP contribution in [0.15, 0.2) is 34.9 Å². The molecule has 2 aromatic rings. The van der Waals surface area contributed by atoms with Gasteiger partial charge in [-0.2, -0.15) is 0 Å². The van der Waals surface area contributed by atoms with Crippen LogP contribution < -0.4 is 0 Å². The van der Waals surface area contributed by atoms with E-state index in [1.807, 2.05) is 6.07 Å². The Bertz CT molecular complexity index is 516. The summed E-state index contributed by atoms with van der Waals surface area (Å²) in [6.45, 7) is 1.75. The van der Waals surface area contributed by atoms with Crippen LogP contribution in [0.25, 0.3) is 11.3 Å². The number of rotatable bonds is 2. The van der Waals surface area contributed by atoms with Crippen LogP contribution in [-0.4, -0.2) is 18.1 Å². The SMILES string of the molecule is COC(=O)c1ccccc1-c1cnc(C)o1. The van der Waals surface area contributed by atoms with Crippen molar-refractivity contribution in [1.82, 2.24) is 4.98 Å². The Morgan fingerprint density at radius 1 is 1.38 bits per heavy atom. The Morgan fingerprint density at radius 3 is 2.75 bits per heavy atom.